The van der Waals surface area contributed by atoms with Crippen LogP contribution in [0.15, 0.2) is 24.3 Å². The van der Waals surface area contributed by atoms with Crippen LogP contribution in [0.4, 0.5) is 0 Å². The van der Waals surface area contributed by atoms with Gasteiger partial charge in [-0.3, -0.25) is 0 Å². The Morgan fingerprint density at radius 3 is 2.56 bits per heavy atom. The number of rotatable bonds is 7. The van der Waals surface area contributed by atoms with E-state index < -0.39 is 12.2 Å². The van der Waals surface area contributed by atoms with Crippen molar-refractivity contribution in [1.29, 1.82) is 0 Å². The minimum absolute atomic E-state index is 0.651. The van der Waals surface area contributed by atoms with E-state index in [4.69, 9.17) is 0 Å². The van der Waals surface area contributed by atoms with Crippen LogP contribution < -0.4 is 0 Å². The molecule has 16 heavy (non-hydrogen) atoms. The molecule has 0 aliphatic heterocycles. The minimum atomic E-state index is -0.781. The summed E-state index contributed by atoms with van der Waals surface area (Å²) in [6, 6.07) is 0. The van der Waals surface area contributed by atoms with Gasteiger partial charge in [-0.1, -0.05) is 50.3 Å². The third kappa shape index (κ3) is 8.28. The summed E-state index contributed by atoms with van der Waals surface area (Å²) < 4.78 is 0. The summed E-state index contributed by atoms with van der Waals surface area (Å²) in [6.45, 7) is 3.88. The van der Waals surface area contributed by atoms with Gasteiger partial charge in [0.05, 0.1) is 12.2 Å². The van der Waals surface area contributed by atoms with E-state index in [1.165, 1.54) is 0 Å². The first-order chi connectivity index (χ1) is 7.72. The molecule has 0 spiro atoms. The second kappa shape index (κ2) is 10.5. The van der Waals surface area contributed by atoms with E-state index >= 15 is 0 Å². The Balaban J connectivity index is 3.83. The van der Waals surface area contributed by atoms with Crippen LogP contribution in [0.1, 0.15) is 39.5 Å². The lowest BCUT2D eigenvalue weighted by atomic mass is 10.1. The second-order valence-electron chi connectivity index (χ2n) is 3.69. The maximum absolute atomic E-state index is 9.59. The zero-order valence-corrected chi connectivity index (χ0v) is 10.2. The first-order valence-electron chi connectivity index (χ1n) is 5.84. The van der Waals surface area contributed by atoms with Gasteiger partial charge in [0.1, 0.15) is 0 Å². The van der Waals surface area contributed by atoms with Crippen LogP contribution >= 0.6 is 0 Å². The molecule has 0 bridgehead atoms. The lowest BCUT2D eigenvalue weighted by Crippen LogP contribution is -2.23. The highest BCUT2D eigenvalue weighted by atomic mass is 16.3. The highest BCUT2D eigenvalue weighted by molar-refractivity contribution is 5.19. The lowest BCUT2D eigenvalue weighted by Gasteiger charge is -2.13. The lowest BCUT2D eigenvalue weighted by molar-refractivity contribution is 0.0415. The van der Waals surface area contributed by atoms with E-state index in [9.17, 15) is 10.2 Å². The van der Waals surface area contributed by atoms with Crippen molar-refractivity contribution < 1.29 is 10.2 Å². The molecule has 90 valence electrons. The van der Waals surface area contributed by atoms with E-state index in [0.29, 0.717) is 6.42 Å². The zero-order valence-electron chi connectivity index (χ0n) is 10.2. The van der Waals surface area contributed by atoms with Crippen molar-refractivity contribution in [1.82, 2.24) is 0 Å². The second-order valence-corrected chi connectivity index (χ2v) is 3.69. The Labute approximate surface area is 98.7 Å². The molecular weight excluding hydrogens is 200 g/mol. The van der Waals surface area contributed by atoms with Crippen molar-refractivity contribution in [3.05, 3.63) is 24.3 Å². The van der Waals surface area contributed by atoms with Gasteiger partial charge in [-0.05, 0) is 19.4 Å². The fourth-order valence-corrected chi connectivity index (χ4v) is 1.27. The van der Waals surface area contributed by atoms with Crippen LogP contribution in [0.2, 0.25) is 0 Å². The van der Waals surface area contributed by atoms with E-state index in [2.05, 4.69) is 18.8 Å². The van der Waals surface area contributed by atoms with Crippen LogP contribution in [0.3, 0.4) is 0 Å². The molecule has 2 nitrogen and oxygen atoms in total. The molecule has 2 N–H and O–H groups in total. The molecule has 0 amide bonds. The van der Waals surface area contributed by atoms with Gasteiger partial charge in [-0.15, -0.1) is 5.92 Å². The molecule has 0 saturated heterocycles. The molecule has 0 saturated carbocycles. The zero-order chi connectivity index (χ0) is 12.2. The summed E-state index contributed by atoms with van der Waals surface area (Å²) in [4.78, 5) is 0. The Bertz CT molecular complexity index is 268. The highest BCUT2D eigenvalue weighted by Gasteiger charge is 2.11. The summed E-state index contributed by atoms with van der Waals surface area (Å²) in [5.41, 5.74) is 0. The SMILES string of the molecule is CC#CC=C/C=C\[C@@H](O)[C@@H](O)CCCCC. The van der Waals surface area contributed by atoms with Crippen molar-refractivity contribution in [3.8, 4) is 11.8 Å². The molecule has 0 aromatic heterocycles. The average Bonchev–Trinajstić information content (AvgIpc) is 2.28. The van der Waals surface area contributed by atoms with Crippen molar-refractivity contribution >= 4 is 0 Å². The smallest absolute Gasteiger partial charge is 0.0982 e. The van der Waals surface area contributed by atoms with Gasteiger partial charge >= 0.3 is 0 Å². The number of aliphatic hydroxyl groups is 2. The number of hydrogen-bond donors (Lipinski definition) is 2. The maximum Gasteiger partial charge on any atom is 0.0982 e. The predicted octanol–water partition coefficient (Wildman–Crippen LogP) is 2.42. The molecular formula is C14H22O2. The Morgan fingerprint density at radius 2 is 1.94 bits per heavy atom. The van der Waals surface area contributed by atoms with Crippen molar-refractivity contribution in [2.45, 2.75) is 51.7 Å². The number of hydrogen-bond acceptors (Lipinski definition) is 2. The van der Waals surface area contributed by atoms with Crippen molar-refractivity contribution in [2.24, 2.45) is 0 Å². The molecule has 0 fully saturated rings. The summed E-state index contributed by atoms with van der Waals surface area (Å²) in [7, 11) is 0. The number of allylic oxidation sites excluding steroid dienone is 3. The van der Waals surface area contributed by atoms with Crippen LogP contribution in [0, 0.1) is 11.8 Å². The van der Waals surface area contributed by atoms with E-state index in [1.54, 1.807) is 31.2 Å². The fraction of sp³-hybridized carbons (Fsp3) is 0.571. The standard InChI is InChI=1S/C14H22O2/c1-3-5-7-8-10-12-14(16)13(15)11-9-6-4-2/h7-8,10,12-16H,4,6,9,11H2,1-2H3/b8-7?,12-10-/t13-,14+/m0/s1. The maximum atomic E-state index is 9.59. The van der Waals surface area contributed by atoms with Crippen LogP contribution in [-0.4, -0.2) is 22.4 Å². The minimum Gasteiger partial charge on any atom is -0.390 e. The third-order valence-corrected chi connectivity index (χ3v) is 2.24. The molecule has 0 radical (unpaired) electrons. The third-order valence-electron chi connectivity index (χ3n) is 2.24. The Morgan fingerprint density at radius 1 is 1.19 bits per heavy atom. The van der Waals surface area contributed by atoms with E-state index in [0.717, 1.165) is 19.3 Å². The summed E-state index contributed by atoms with van der Waals surface area (Å²) in [6.07, 6.45) is 9.13. The summed E-state index contributed by atoms with van der Waals surface area (Å²) in [5.74, 6) is 5.50. The molecule has 0 unspecified atom stereocenters. The highest BCUT2D eigenvalue weighted by Crippen LogP contribution is 2.07. The quantitative estimate of drug-likeness (QED) is 0.394. The normalized spacial score (nSPS) is 15.0. The first kappa shape index (κ1) is 15.0. The molecule has 0 heterocycles. The summed E-state index contributed by atoms with van der Waals surface area (Å²) >= 11 is 0. The molecule has 0 aliphatic carbocycles. The van der Waals surface area contributed by atoms with Crippen molar-refractivity contribution in [2.75, 3.05) is 0 Å². The fourth-order valence-electron chi connectivity index (χ4n) is 1.27. The van der Waals surface area contributed by atoms with Gasteiger partial charge < -0.3 is 10.2 Å². The Kier molecular flexibility index (Phi) is 9.80. The van der Waals surface area contributed by atoms with E-state index in [1.807, 2.05) is 0 Å². The van der Waals surface area contributed by atoms with E-state index in [-0.39, 0.29) is 0 Å². The van der Waals surface area contributed by atoms with Gasteiger partial charge in [0, 0.05) is 0 Å². The average molecular weight is 222 g/mol. The molecule has 0 rings (SSSR count). The molecule has 2 heteroatoms. The molecule has 0 aromatic carbocycles. The largest absolute Gasteiger partial charge is 0.390 e. The topological polar surface area (TPSA) is 40.5 Å². The monoisotopic (exact) mass is 222 g/mol. The predicted molar refractivity (Wildman–Crippen MR) is 67.9 cm³/mol. The van der Waals surface area contributed by atoms with Gasteiger partial charge in [0.2, 0.25) is 0 Å². The molecule has 0 aromatic rings. The summed E-state index contributed by atoms with van der Waals surface area (Å²) in [5, 5.41) is 19.2. The van der Waals surface area contributed by atoms with Crippen molar-refractivity contribution in [3.63, 3.8) is 0 Å². The van der Waals surface area contributed by atoms with Gasteiger partial charge in [-0.25, -0.2) is 0 Å². The van der Waals surface area contributed by atoms with Crippen LogP contribution in [0.25, 0.3) is 0 Å². The first-order valence-corrected chi connectivity index (χ1v) is 5.84. The molecule has 2 atom stereocenters. The van der Waals surface area contributed by atoms with Gasteiger partial charge in [-0.2, -0.15) is 0 Å². The number of aliphatic hydroxyl groups excluding tert-OH is 2. The van der Waals surface area contributed by atoms with Crippen LogP contribution in [0.5, 0.6) is 0 Å². The van der Waals surface area contributed by atoms with Gasteiger partial charge in [0.25, 0.3) is 0 Å². The van der Waals surface area contributed by atoms with Gasteiger partial charge in [0.15, 0.2) is 0 Å². The van der Waals surface area contributed by atoms with Crippen LogP contribution in [-0.2, 0) is 0 Å². The number of unbranched alkanes of at least 4 members (excludes halogenated alkanes) is 2. The molecule has 0 aliphatic rings. The Hall–Kier alpha value is -1.04.